The van der Waals surface area contributed by atoms with Gasteiger partial charge < -0.3 is 18.9 Å². The second-order valence-corrected chi connectivity index (χ2v) is 36.1. The molecule has 0 amide bonds. The minimum atomic E-state index is -0.120. The molecule has 24 rings (SSSR count). The van der Waals surface area contributed by atoms with Crippen molar-refractivity contribution < 1.29 is 0 Å². The maximum absolute atomic E-state index is 4.07. The van der Waals surface area contributed by atoms with Crippen molar-refractivity contribution in [2.45, 2.75) is 38.5 Å². The molecule has 5 heteroatoms. The Balaban J connectivity index is 0.000000128. The molecule has 20 aromatic carbocycles. The summed E-state index contributed by atoms with van der Waals surface area (Å²) >= 11 is 3.56. The quantitative estimate of drug-likeness (QED) is 0.0751. The van der Waals surface area contributed by atoms with E-state index in [1.807, 2.05) is 6.08 Å². The Labute approximate surface area is 774 Å². The molecule has 0 N–H and O–H groups in total. The van der Waals surface area contributed by atoms with E-state index in [0.29, 0.717) is 0 Å². The van der Waals surface area contributed by atoms with Gasteiger partial charge in [0.1, 0.15) is 0 Å². The second-order valence-electron chi connectivity index (χ2n) is 35.2. The van der Waals surface area contributed by atoms with E-state index in [1.165, 1.54) is 166 Å². The average Bonchev–Trinajstić information content (AvgIpc) is 1.60. The van der Waals surface area contributed by atoms with Crippen LogP contribution in [0.5, 0.6) is 0 Å². The number of fused-ring (bicyclic) bond motifs is 14. The topological polar surface area (TPSA) is 16.3 Å². The van der Waals surface area contributed by atoms with Crippen LogP contribution in [0.1, 0.15) is 66.6 Å². The van der Waals surface area contributed by atoms with Gasteiger partial charge in [-0.05, 0) is 225 Å². The van der Waals surface area contributed by atoms with Crippen LogP contribution >= 0.6 is 15.9 Å². The number of halogens is 1. The first-order valence-corrected chi connectivity index (χ1v) is 46.0. The number of rotatable bonds is 15. The molecule has 2 heterocycles. The molecule has 131 heavy (non-hydrogen) atoms. The van der Waals surface area contributed by atoms with Crippen molar-refractivity contribution in [3.8, 4) is 78.4 Å². The van der Waals surface area contributed by atoms with Gasteiger partial charge in [-0.25, -0.2) is 0 Å². The van der Waals surface area contributed by atoms with Crippen molar-refractivity contribution in [3.63, 3.8) is 0 Å². The van der Waals surface area contributed by atoms with Gasteiger partial charge in [0.2, 0.25) is 0 Å². The highest BCUT2D eigenvalue weighted by atomic mass is 79.9. The van der Waals surface area contributed by atoms with Crippen LogP contribution in [0.4, 0.5) is 34.1 Å². The fourth-order valence-corrected chi connectivity index (χ4v) is 20.8. The summed E-state index contributed by atoms with van der Waals surface area (Å²) in [6, 6.07) is 167. The lowest BCUT2D eigenvalue weighted by atomic mass is 9.82. The van der Waals surface area contributed by atoms with Gasteiger partial charge in [-0.3, -0.25) is 0 Å². The molecular weight excluding hydrogens is 1650 g/mol. The second kappa shape index (κ2) is 34.0. The lowest BCUT2D eigenvalue weighted by Gasteiger charge is -2.27. The fourth-order valence-electron chi connectivity index (χ4n) is 20.5. The van der Waals surface area contributed by atoms with Crippen molar-refractivity contribution in [2.24, 2.45) is 0 Å². The van der Waals surface area contributed by atoms with Crippen LogP contribution in [0.15, 0.2) is 472 Å². The summed E-state index contributed by atoms with van der Waals surface area (Å²) < 4.78 is 6.04. The number of anilines is 6. The third-order valence-corrected chi connectivity index (χ3v) is 27.3. The van der Waals surface area contributed by atoms with Crippen molar-refractivity contribution in [3.05, 3.63) is 511 Å². The van der Waals surface area contributed by atoms with Gasteiger partial charge in [-0.2, -0.15) is 0 Å². The number of para-hydroxylation sites is 2. The summed E-state index contributed by atoms with van der Waals surface area (Å²) in [5.74, 6) is 0. The van der Waals surface area contributed by atoms with Crippen LogP contribution in [-0.4, -0.2) is 9.13 Å². The number of hydrogen-bond acceptors (Lipinski definition) is 2. The summed E-state index contributed by atoms with van der Waals surface area (Å²) in [5.41, 5.74) is 35.3. The maximum atomic E-state index is 4.07. The smallest absolute Gasteiger partial charge is 0.0619 e. The predicted octanol–water partition coefficient (Wildman–Crippen LogP) is 35.4. The molecular formula is C126H93BrN4. The van der Waals surface area contributed by atoms with Gasteiger partial charge in [0.05, 0.1) is 33.8 Å². The van der Waals surface area contributed by atoms with Gasteiger partial charge in [0, 0.05) is 82.1 Å². The lowest BCUT2D eigenvalue weighted by molar-refractivity contribution is 0.659. The van der Waals surface area contributed by atoms with E-state index < -0.39 is 0 Å². The van der Waals surface area contributed by atoms with E-state index in [2.05, 4.69) is 542 Å². The highest BCUT2D eigenvalue weighted by molar-refractivity contribution is 9.10. The third-order valence-electron chi connectivity index (χ3n) is 26.8. The van der Waals surface area contributed by atoms with Crippen molar-refractivity contribution in [1.29, 1.82) is 0 Å². The molecule has 0 saturated heterocycles. The molecule has 0 saturated carbocycles. The molecule has 4 nitrogen and oxygen atoms in total. The van der Waals surface area contributed by atoms with Gasteiger partial charge in [-0.15, -0.1) is 0 Å². The lowest BCUT2D eigenvalue weighted by Crippen LogP contribution is -2.15. The number of hydrogen-bond donors (Lipinski definition) is 0. The standard InChI is InChI=1S/C63H46N2.C37H29N.C26H18BrN/c1-63(2)57-29-17-16-27-53(57)54-39-37-50(42-58(54)63)65-59-40-44(34-38-56(59)61(45-18-6-3-7-19-45)62(65)46-20-8-4-9-21-46)31-30-43-32-35-49(36-33-43)64(48-23-10-5-11-24-48)60-41-47-22-12-13-25-51(47)52-26-14-15-28-55(52)60;1-4-25-19-21-31-34(23-25)38(36(27-15-9-6-10-16-27)35(31)26-13-7-5-8-14-26)28-20-22-30-29-17-11-12-18-32(29)37(2,3)33(30)24-28;27-20-14-16-22(17-15-20)28(21-9-2-1-3-10-21)26-18-19-8-4-5-11-23(19)24-12-6-7-13-25(24)26/h3-42H,1-2H3;4-24H,1H2,2-3H3;1-18H/b31-30+;;. The molecule has 2 aliphatic rings. The normalized spacial score (nSPS) is 12.6. The Hall–Kier alpha value is -15.9. The van der Waals surface area contributed by atoms with E-state index in [-0.39, 0.29) is 10.8 Å². The van der Waals surface area contributed by atoms with Crippen LogP contribution < -0.4 is 9.80 Å². The first-order valence-electron chi connectivity index (χ1n) is 45.2. The van der Waals surface area contributed by atoms with Gasteiger partial charge >= 0.3 is 0 Å². The zero-order valence-corrected chi connectivity index (χ0v) is 75.1. The molecule has 0 spiro atoms. The Morgan fingerprint density at radius 3 is 1.00 bits per heavy atom. The molecule has 22 aromatic rings. The van der Waals surface area contributed by atoms with Gasteiger partial charge in [0.25, 0.3) is 0 Å². The minimum Gasteiger partial charge on any atom is -0.310 e. The summed E-state index contributed by atoms with van der Waals surface area (Å²) in [7, 11) is 0. The zero-order valence-electron chi connectivity index (χ0n) is 73.5. The molecule has 2 aromatic heterocycles. The Bertz CT molecular complexity index is 8130. The van der Waals surface area contributed by atoms with E-state index in [4.69, 9.17) is 0 Å². The minimum absolute atomic E-state index is 0.0632. The van der Waals surface area contributed by atoms with E-state index in [0.717, 1.165) is 55.3 Å². The van der Waals surface area contributed by atoms with Crippen molar-refractivity contribution in [1.82, 2.24) is 9.13 Å². The first kappa shape index (κ1) is 80.9. The summed E-state index contributed by atoms with van der Waals surface area (Å²) in [4.78, 5) is 4.72. The van der Waals surface area contributed by atoms with Gasteiger partial charge in [0.15, 0.2) is 0 Å². The van der Waals surface area contributed by atoms with Crippen LogP contribution in [0.2, 0.25) is 0 Å². The van der Waals surface area contributed by atoms with Crippen LogP contribution in [0.25, 0.3) is 162 Å². The Kier molecular flexibility index (Phi) is 21.0. The molecule has 0 atom stereocenters. The maximum Gasteiger partial charge on any atom is 0.0619 e. The average molecular weight is 1740 g/mol. The van der Waals surface area contributed by atoms with E-state index in [9.17, 15) is 0 Å². The fraction of sp³-hybridized carbons (Fsp3) is 0.0476. The summed E-state index contributed by atoms with van der Waals surface area (Å²) in [6.07, 6.45) is 6.43. The SMILES string of the molecule is Brc1ccc(N(c2ccccc2)c2cc3ccccc3c3ccccc23)cc1.C=Cc1ccc2c(-c3ccccc3)c(-c3ccccc3)n(-c3ccc4c(c3)C(C)(C)c3ccccc3-4)c2c1.CC1(C)c2ccccc2-c2ccc(-n3c(-c4ccccc4)c(-c4ccccc4)c4ccc(/C=C/c5ccc(N(c6ccccc6)c6cc7ccccc7c7ccccc67)cc5)cc43)cc21. The number of aromatic nitrogens is 2. The molecule has 624 valence electrons. The molecule has 0 radical (unpaired) electrons. The zero-order chi connectivity index (χ0) is 88.3. The summed E-state index contributed by atoms with van der Waals surface area (Å²) in [6.45, 7) is 13.5. The highest BCUT2D eigenvalue weighted by Gasteiger charge is 2.38. The Morgan fingerprint density at radius 1 is 0.252 bits per heavy atom. The summed E-state index contributed by atoms with van der Waals surface area (Å²) in [5, 5.41) is 12.5. The third kappa shape index (κ3) is 14.6. The molecule has 0 bridgehead atoms. The van der Waals surface area contributed by atoms with E-state index in [1.54, 1.807) is 0 Å². The van der Waals surface area contributed by atoms with Crippen LogP contribution in [-0.2, 0) is 10.8 Å². The monoisotopic (exact) mass is 1740 g/mol. The van der Waals surface area contributed by atoms with Crippen molar-refractivity contribution in [2.75, 3.05) is 9.80 Å². The predicted molar refractivity (Wildman–Crippen MR) is 562 cm³/mol. The highest BCUT2D eigenvalue weighted by Crippen LogP contribution is 2.54. The van der Waals surface area contributed by atoms with Crippen molar-refractivity contribution >= 4 is 133 Å². The molecule has 2 aliphatic carbocycles. The first-order chi connectivity index (χ1) is 64.4. The van der Waals surface area contributed by atoms with E-state index >= 15 is 0 Å². The largest absolute Gasteiger partial charge is 0.310 e. The van der Waals surface area contributed by atoms with Crippen LogP contribution in [0.3, 0.4) is 0 Å². The molecule has 0 aliphatic heterocycles. The molecule has 0 fully saturated rings. The number of benzene rings is 20. The number of nitrogens with zero attached hydrogens (tertiary/aromatic N) is 4. The molecule has 0 unspecified atom stereocenters. The van der Waals surface area contributed by atoms with Crippen LogP contribution in [0, 0.1) is 0 Å². The Morgan fingerprint density at radius 2 is 0.573 bits per heavy atom. The van der Waals surface area contributed by atoms with Gasteiger partial charge in [-0.1, -0.05) is 420 Å².